The molecule has 1 aromatic rings. The van der Waals surface area contributed by atoms with Crippen molar-refractivity contribution < 1.29 is 4.74 Å². The van der Waals surface area contributed by atoms with Gasteiger partial charge in [0.2, 0.25) is 0 Å². The third kappa shape index (κ3) is 1.73. The number of hydrogen-bond donors (Lipinski definition) is 0. The summed E-state index contributed by atoms with van der Waals surface area (Å²) in [4.78, 5) is 4.67. The second-order valence-corrected chi connectivity index (χ2v) is 4.85. The largest absolute Gasteiger partial charge is 0.493 e. The Bertz CT molecular complexity index is 436. The van der Waals surface area contributed by atoms with Crippen LogP contribution in [0.25, 0.3) is 0 Å². The second kappa shape index (κ2) is 3.93. The van der Waals surface area contributed by atoms with Crippen LogP contribution >= 0.6 is 0 Å². The van der Waals surface area contributed by atoms with Crippen molar-refractivity contribution >= 4 is 5.71 Å². The van der Waals surface area contributed by atoms with E-state index in [-0.39, 0.29) is 0 Å². The number of fused-ring (bicyclic) bond motifs is 1. The number of aliphatic imine (C=N–C) groups is 1. The molecule has 0 amide bonds. The highest BCUT2D eigenvalue weighted by Crippen LogP contribution is 2.28. The molecule has 0 saturated heterocycles. The summed E-state index contributed by atoms with van der Waals surface area (Å²) >= 11 is 0. The zero-order valence-corrected chi connectivity index (χ0v) is 9.70. The number of nitrogens with zero attached hydrogens (tertiary/aromatic N) is 1. The molecule has 2 aliphatic rings. The Labute approximate surface area is 96.3 Å². The lowest BCUT2D eigenvalue weighted by Gasteiger charge is -2.17. The first-order valence-corrected chi connectivity index (χ1v) is 6.12. The third-order valence-corrected chi connectivity index (χ3v) is 3.50. The lowest BCUT2D eigenvalue weighted by Crippen LogP contribution is -2.14. The lowest BCUT2D eigenvalue weighted by atomic mass is 9.95. The van der Waals surface area contributed by atoms with E-state index >= 15 is 0 Å². The Hall–Kier alpha value is -1.31. The summed E-state index contributed by atoms with van der Waals surface area (Å²) in [6.45, 7) is 4.08. The molecule has 1 aromatic carbocycles. The van der Waals surface area contributed by atoms with Crippen LogP contribution in [0.5, 0.6) is 5.75 Å². The van der Waals surface area contributed by atoms with E-state index in [0.717, 1.165) is 37.7 Å². The Kier molecular flexibility index (Phi) is 2.43. The monoisotopic (exact) mass is 215 g/mol. The normalized spacial score (nSPS) is 23.6. The van der Waals surface area contributed by atoms with Gasteiger partial charge in [0.15, 0.2) is 0 Å². The molecule has 0 saturated carbocycles. The van der Waals surface area contributed by atoms with Gasteiger partial charge in [-0.1, -0.05) is 19.1 Å². The van der Waals surface area contributed by atoms with E-state index in [4.69, 9.17) is 4.74 Å². The van der Waals surface area contributed by atoms with Gasteiger partial charge in [0.1, 0.15) is 5.75 Å². The SMILES string of the molecule is CC1CCC(c2ccc3c(c2)OCC3)=NC1. The Morgan fingerprint density at radius 3 is 3.06 bits per heavy atom. The predicted molar refractivity (Wildman–Crippen MR) is 65.4 cm³/mol. The number of rotatable bonds is 1. The Morgan fingerprint density at radius 1 is 1.31 bits per heavy atom. The predicted octanol–water partition coefficient (Wildman–Crippen LogP) is 2.84. The molecular weight excluding hydrogens is 198 g/mol. The maximum atomic E-state index is 5.60. The van der Waals surface area contributed by atoms with Crippen molar-refractivity contribution in [2.45, 2.75) is 26.2 Å². The smallest absolute Gasteiger partial charge is 0.123 e. The molecule has 0 aliphatic carbocycles. The van der Waals surface area contributed by atoms with Crippen LogP contribution in [0, 0.1) is 5.92 Å². The molecule has 0 fully saturated rings. The third-order valence-electron chi connectivity index (χ3n) is 3.50. The van der Waals surface area contributed by atoms with Gasteiger partial charge < -0.3 is 4.74 Å². The molecule has 0 radical (unpaired) electrons. The highest BCUT2D eigenvalue weighted by molar-refractivity contribution is 6.01. The number of hydrogen-bond acceptors (Lipinski definition) is 2. The van der Waals surface area contributed by atoms with Gasteiger partial charge in [-0.3, -0.25) is 4.99 Å². The number of benzene rings is 1. The topological polar surface area (TPSA) is 21.6 Å². The number of ether oxygens (including phenoxy) is 1. The maximum absolute atomic E-state index is 5.60. The Balaban J connectivity index is 1.90. The van der Waals surface area contributed by atoms with Crippen LogP contribution in [0.3, 0.4) is 0 Å². The van der Waals surface area contributed by atoms with Gasteiger partial charge in [0.05, 0.1) is 6.61 Å². The van der Waals surface area contributed by atoms with Crippen LogP contribution in [-0.2, 0) is 6.42 Å². The quantitative estimate of drug-likeness (QED) is 0.706. The highest BCUT2D eigenvalue weighted by Gasteiger charge is 2.16. The van der Waals surface area contributed by atoms with E-state index in [0.29, 0.717) is 0 Å². The van der Waals surface area contributed by atoms with Gasteiger partial charge in [-0.25, -0.2) is 0 Å². The van der Waals surface area contributed by atoms with Crippen molar-refractivity contribution in [2.75, 3.05) is 13.2 Å². The first-order chi connectivity index (χ1) is 7.83. The summed E-state index contributed by atoms with van der Waals surface area (Å²) in [6.07, 6.45) is 3.43. The second-order valence-electron chi connectivity index (χ2n) is 4.85. The molecule has 0 spiro atoms. The van der Waals surface area contributed by atoms with E-state index in [9.17, 15) is 0 Å². The first-order valence-electron chi connectivity index (χ1n) is 6.12. The minimum absolute atomic E-state index is 0.745. The summed E-state index contributed by atoms with van der Waals surface area (Å²) in [5.41, 5.74) is 3.86. The van der Waals surface area contributed by atoms with Crippen molar-refractivity contribution in [1.29, 1.82) is 0 Å². The van der Waals surface area contributed by atoms with Crippen molar-refractivity contribution in [2.24, 2.45) is 10.9 Å². The molecule has 2 aliphatic heterocycles. The van der Waals surface area contributed by atoms with Crippen LogP contribution in [0.15, 0.2) is 23.2 Å². The molecule has 1 atom stereocenters. The molecule has 2 heteroatoms. The summed E-state index contributed by atoms with van der Waals surface area (Å²) in [5.74, 6) is 1.81. The maximum Gasteiger partial charge on any atom is 0.123 e. The summed E-state index contributed by atoms with van der Waals surface area (Å²) in [7, 11) is 0. The van der Waals surface area contributed by atoms with Gasteiger partial charge in [-0.2, -0.15) is 0 Å². The van der Waals surface area contributed by atoms with E-state index < -0.39 is 0 Å². The minimum Gasteiger partial charge on any atom is -0.493 e. The minimum atomic E-state index is 0.745. The molecule has 0 aromatic heterocycles. The van der Waals surface area contributed by atoms with E-state index in [1.54, 1.807) is 0 Å². The van der Waals surface area contributed by atoms with Crippen LogP contribution in [-0.4, -0.2) is 18.9 Å². The van der Waals surface area contributed by atoms with Gasteiger partial charge in [0, 0.05) is 18.7 Å². The molecule has 2 nitrogen and oxygen atoms in total. The van der Waals surface area contributed by atoms with Crippen LogP contribution in [0.4, 0.5) is 0 Å². The Morgan fingerprint density at radius 2 is 2.25 bits per heavy atom. The van der Waals surface area contributed by atoms with Crippen molar-refractivity contribution in [3.8, 4) is 5.75 Å². The molecular formula is C14H17NO. The van der Waals surface area contributed by atoms with Crippen LogP contribution < -0.4 is 4.74 Å². The molecule has 16 heavy (non-hydrogen) atoms. The summed E-state index contributed by atoms with van der Waals surface area (Å²) in [6, 6.07) is 6.55. The molecule has 84 valence electrons. The van der Waals surface area contributed by atoms with E-state index in [1.807, 2.05) is 0 Å². The molecule has 1 unspecified atom stereocenters. The fourth-order valence-corrected chi connectivity index (χ4v) is 2.40. The molecule has 0 N–H and O–H groups in total. The van der Waals surface area contributed by atoms with Crippen LogP contribution in [0.2, 0.25) is 0 Å². The van der Waals surface area contributed by atoms with Gasteiger partial charge in [-0.05, 0) is 36.0 Å². The van der Waals surface area contributed by atoms with Gasteiger partial charge in [0.25, 0.3) is 0 Å². The molecule has 2 heterocycles. The standard InChI is InChI=1S/C14H17NO/c1-10-2-5-13(15-9-10)12-4-3-11-6-7-16-14(11)8-12/h3-4,8,10H,2,5-7,9H2,1H3. The van der Waals surface area contributed by atoms with Crippen LogP contribution in [0.1, 0.15) is 30.9 Å². The van der Waals surface area contributed by atoms with E-state index in [1.165, 1.54) is 23.3 Å². The summed E-state index contributed by atoms with van der Waals surface area (Å²) < 4.78 is 5.60. The lowest BCUT2D eigenvalue weighted by molar-refractivity contribution is 0.356. The van der Waals surface area contributed by atoms with Gasteiger partial charge >= 0.3 is 0 Å². The fourth-order valence-electron chi connectivity index (χ4n) is 2.40. The average molecular weight is 215 g/mol. The zero-order chi connectivity index (χ0) is 11.0. The highest BCUT2D eigenvalue weighted by atomic mass is 16.5. The fraction of sp³-hybridized carbons (Fsp3) is 0.500. The van der Waals surface area contributed by atoms with E-state index in [2.05, 4.69) is 30.1 Å². The van der Waals surface area contributed by atoms with Crippen molar-refractivity contribution in [1.82, 2.24) is 0 Å². The molecule has 3 rings (SSSR count). The first kappa shape index (κ1) is 9.88. The van der Waals surface area contributed by atoms with Crippen molar-refractivity contribution in [3.63, 3.8) is 0 Å². The summed E-state index contributed by atoms with van der Waals surface area (Å²) in [5, 5.41) is 0. The van der Waals surface area contributed by atoms with Gasteiger partial charge in [-0.15, -0.1) is 0 Å². The zero-order valence-electron chi connectivity index (χ0n) is 9.70. The van der Waals surface area contributed by atoms with Crippen molar-refractivity contribution in [3.05, 3.63) is 29.3 Å². The average Bonchev–Trinajstić information content (AvgIpc) is 2.77. The molecule has 0 bridgehead atoms.